The van der Waals surface area contributed by atoms with Gasteiger partial charge in [-0.15, -0.1) is 0 Å². The van der Waals surface area contributed by atoms with E-state index >= 15 is 0 Å². The van der Waals surface area contributed by atoms with Crippen molar-refractivity contribution in [2.75, 3.05) is 32.8 Å². The first-order valence-corrected chi connectivity index (χ1v) is 11.5. The fourth-order valence-corrected chi connectivity index (χ4v) is 4.10. The number of carbonyl (C=O) groups excluding carboxylic acids is 1. The molecular weight excluding hydrogens is 432 g/mol. The third kappa shape index (κ3) is 6.36. The molecule has 1 aliphatic heterocycles. The van der Waals surface area contributed by atoms with E-state index in [2.05, 4.69) is 9.88 Å². The molecule has 8 heteroatoms. The Morgan fingerprint density at radius 1 is 1.03 bits per heavy atom. The van der Waals surface area contributed by atoms with E-state index in [4.69, 9.17) is 9.47 Å². The predicted octanol–water partition coefficient (Wildman–Crippen LogP) is 2.47. The number of β-amino-alcohol motifs (C(OH)–C–C–N with tert-alkyl or cyclic N) is 1. The molecule has 0 spiro atoms. The van der Waals surface area contributed by atoms with Crippen molar-refractivity contribution in [3.8, 4) is 11.5 Å². The van der Waals surface area contributed by atoms with E-state index in [-0.39, 0.29) is 19.1 Å². The van der Waals surface area contributed by atoms with Gasteiger partial charge < -0.3 is 24.0 Å². The fourth-order valence-electron chi connectivity index (χ4n) is 4.10. The Morgan fingerprint density at radius 3 is 2.44 bits per heavy atom. The molecule has 1 aliphatic rings. The van der Waals surface area contributed by atoms with Crippen LogP contribution in [-0.2, 0) is 25.0 Å². The summed E-state index contributed by atoms with van der Waals surface area (Å²) in [4.78, 5) is 20.3. The molecule has 0 radical (unpaired) electrons. The monoisotopic (exact) mass is 464 g/mol. The smallest absolute Gasteiger partial charge is 0.219 e. The van der Waals surface area contributed by atoms with Crippen LogP contribution >= 0.6 is 0 Å². The maximum atomic E-state index is 12.1. The van der Waals surface area contributed by atoms with Crippen LogP contribution in [-0.4, -0.2) is 68.8 Å². The van der Waals surface area contributed by atoms with Crippen LogP contribution in [0.5, 0.6) is 11.5 Å². The summed E-state index contributed by atoms with van der Waals surface area (Å²) >= 11 is 0. The Morgan fingerprint density at radius 2 is 1.76 bits per heavy atom. The topological polar surface area (TPSA) is 80.1 Å². The Hall–Kier alpha value is -3.36. The van der Waals surface area contributed by atoms with Gasteiger partial charge in [0, 0.05) is 52.5 Å². The lowest BCUT2D eigenvalue weighted by Gasteiger charge is -2.32. The Bertz CT molecular complexity index is 1070. The van der Waals surface area contributed by atoms with Gasteiger partial charge in [-0.1, -0.05) is 30.3 Å². The lowest BCUT2D eigenvalue weighted by Crippen LogP contribution is -2.51. The molecule has 2 heterocycles. The maximum absolute atomic E-state index is 12.1. The normalized spacial score (nSPS) is 19.0. The summed E-state index contributed by atoms with van der Waals surface area (Å²) in [7, 11) is 1.94. The number of nitrogens with zero attached hydrogens (tertiary/aromatic N) is 4. The third-order valence-corrected chi connectivity index (χ3v) is 6.00. The molecule has 1 saturated heterocycles. The van der Waals surface area contributed by atoms with Gasteiger partial charge in [-0.3, -0.25) is 9.69 Å². The SMILES string of the molecule is CC(=O)N1CCN(Cc2ccc(OCc3nccn3C)cc2)C[C@@](O)(COc2ccccc2)C1. The average Bonchev–Trinajstić information content (AvgIpc) is 3.16. The van der Waals surface area contributed by atoms with E-state index in [1.807, 2.05) is 72.4 Å². The Kier molecular flexibility index (Phi) is 7.49. The first-order chi connectivity index (χ1) is 16.4. The van der Waals surface area contributed by atoms with Crippen LogP contribution in [0.1, 0.15) is 18.3 Å². The minimum absolute atomic E-state index is 0.0470. The molecule has 0 aliphatic carbocycles. The zero-order valence-electron chi connectivity index (χ0n) is 19.8. The van der Waals surface area contributed by atoms with Crippen molar-refractivity contribution in [2.45, 2.75) is 25.7 Å². The maximum Gasteiger partial charge on any atom is 0.219 e. The second-order valence-corrected chi connectivity index (χ2v) is 8.86. The Labute approximate surface area is 200 Å². The van der Waals surface area contributed by atoms with Crippen LogP contribution in [0.25, 0.3) is 0 Å². The summed E-state index contributed by atoms with van der Waals surface area (Å²) in [5.41, 5.74) is -0.0738. The molecule has 8 nitrogen and oxygen atoms in total. The van der Waals surface area contributed by atoms with Gasteiger partial charge in [0.1, 0.15) is 36.1 Å². The van der Waals surface area contributed by atoms with Crippen LogP contribution in [0, 0.1) is 0 Å². The number of aliphatic hydroxyl groups is 1. The van der Waals surface area contributed by atoms with E-state index in [9.17, 15) is 9.90 Å². The fraction of sp³-hybridized carbons (Fsp3) is 0.385. The third-order valence-electron chi connectivity index (χ3n) is 6.00. The minimum atomic E-state index is -1.18. The van der Waals surface area contributed by atoms with Gasteiger partial charge in [0.25, 0.3) is 0 Å². The molecule has 4 rings (SSSR count). The highest BCUT2D eigenvalue weighted by Crippen LogP contribution is 2.21. The van der Waals surface area contributed by atoms with Crippen LogP contribution in [0.3, 0.4) is 0 Å². The molecule has 0 bridgehead atoms. The number of amides is 1. The zero-order valence-corrected chi connectivity index (χ0v) is 19.8. The highest BCUT2D eigenvalue weighted by Gasteiger charge is 2.36. The zero-order chi connectivity index (χ0) is 24.0. The number of hydrogen-bond donors (Lipinski definition) is 1. The predicted molar refractivity (Wildman–Crippen MR) is 128 cm³/mol. The van der Waals surface area contributed by atoms with Crippen LogP contribution in [0.4, 0.5) is 0 Å². The van der Waals surface area contributed by atoms with E-state index < -0.39 is 5.60 Å². The minimum Gasteiger partial charge on any atom is -0.490 e. The summed E-state index contributed by atoms with van der Waals surface area (Å²) in [6, 6.07) is 17.4. The number of ether oxygens (including phenoxy) is 2. The van der Waals surface area contributed by atoms with E-state index in [0.717, 1.165) is 17.1 Å². The second-order valence-electron chi connectivity index (χ2n) is 8.86. The summed E-state index contributed by atoms with van der Waals surface area (Å²) in [6.07, 6.45) is 3.64. The summed E-state index contributed by atoms with van der Waals surface area (Å²) in [6.45, 7) is 4.59. The first kappa shape index (κ1) is 23.8. The Balaban J connectivity index is 1.38. The van der Waals surface area contributed by atoms with Gasteiger partial charge >= 0.3 is 0 Å². The molecular formula is C26H32N4O4. The van der Waals surface area contributed by atoms with E-state index in [1.54, 1.807) is 11.1 Å². The average molecular weight is 465 g/mol. The van der Waals surface area contributed by atoms with Gasteiger partial charge in [-0.25, -0.2) is 4.98 Å². The molecule has 1 aromatic heterocycles. The molecule has 0 unspecified atom stereocenters. The van der Waals surface area contributed by atoms with Crippen molar-refractivity contribution in [3.63, 3.8) is 0 Å². The largest absolute Gasteiger partial charge is 0.490 e. The number of imidazole rings is 1. The number of para-hydroxylation sites is 1. The first-order valence-electron chi connectivity index (χ1n) is 11.5. The van der Waals surface area contributed by atoms with Crippen LogP contribution in [0.2, 0.25) is 0 Å². The number of aromatic nitrogens is 2. The number of benzene rings is 2. The van der Waals surface area contributed by atoms with E-state index in [0.29, 0.717) is 38.5 Å². The van der Waals surface area contributed by atoms with Gasteiger partial charge in [0.05, 0.1) is 6.54 Å². The molecule has 1 amide bonds. The van der Waals surface area contributed by atoms with Crippen molar-refractivity contribution < 1.29 is 19.4 Å². The molecule has 1 atom stereocenters. The van der Waals surface area contributed by atoms with Crippen molar-refractivity contribution in [1.82, 2.24) is 19.4 Å². The molecule has 3 aromatic rings. The molecule has 0 saturated carbocycles. The van der Waals surface area contributed by atoms with Gasteiger partial charge in [0.2, 0.25) is 5.91 Å². The second kappa shape index (κ2) is 10.7. The number of rotatable bonds is 8. The van der Waals surface area contributed by atoms with Crippen LogP contribution in [0.15, 0.2) is 67.0 Å². The summed E-state index contributed by atoms with van der Waals surface area (Å²) in [5.74, 6) is 2.29. The summed E-state index contributed by atoms with van der Waals surface area (Å²) < 4.78 is 13.7. The lowest BCUT2D eigenvalue weighted by molar-refractivity contribution is -0.132. The molecule has 180 valence electrons. The van der Waals surface area contributed by atoms with Crippen molar-refractivity contribution in [3.05, 3.63) is 78.4 Å². The van der Waals surface area contributed by atoms with Crippen molar-refractivity contribution >= 4 is 5.91 Å². The van der Waals surface area contributed by atoms with Crippen LogP contribution < -0.4 is 9.47 Å². The summed E-state index contributed by atoms with van der Waals surface area (Å²) in [5, 5.41) is 11.4. The number of aryl methyl sites for hydroxylation is 1. The lowest BCUT2D eigenvalue weighted by atomic mass is 10.0. The van der Waals surface area contributed by atoms with E-state index in [1.165, 1.54) is 6.92 Å². The highest BCUT2D eigenvalue weighted by atomic mass is 16.5. The quantitative estimate of drug-likeness (QED) is 0.552. The van der Waals surface area contributed by atoms with Gasteiger partial charge in [-0.2, -0.15) is 0 Å². The molecule has 1 N–H and O–H groups in total. The number of carbonyl (C=O) groups is 1. The molecule has 2 aromatic carbocycles. The van der Waals surface area contributed by atoms with Gasteiger partial charge in [0.15, 0.2) is 0 Å². The standard InChI is InChI=1S/C26H32N4O4/c1-21(31)30-15-14-29(18-26(32,19-30)20-34-23-6-4-3-5-7-23)16-22-8-10-24(11-9-22)33-17-25-27-12-13-28(25)2/h3-13,32H,14-20H2,1-2H3/t26-/m0/s1. The van der Waals surface area contributed by atoms with Crippen molar-refractivity contribution in [2.24, 2.45) is 7.05 Å². The molecule has 34 heavy (non-hydrogen) atoms. The number of hydrogen-bond acceptors (Lipinski definition) is 6. The highest BCUT2D eigenvalue weighted by molar-refractivity contribution is 5.73. The van der Waals surface area contributed by atoms with Gasteiger partial charge in [-0.05, 0) is 29.8 Å². The molecule has 1 fully saturated rings. The van der Waals surface area contributed by atoms with Crippen molar-refractivity contribution in [1.29, 1.82) is 0 Å².